The Kier molecular flexibility index (Phi) is 2.41. The van der Waals surface area contributed by atoms with Crippen LogP contribution in [0.2, 0.25) is 0 Å². The maximum Gasteiger partial charge on any atom is 0.158 e. The maximum atomic E-state index is 5.02. The van der Waals surface area contributed by atoms with E-state index in [0.29, 0.717) is 6.54 Å². The van der Waals surface area contributed by atoms with Gasteiger partial charge in [-0.05, 0) is 29.8 Å². The molecule has 0 unspecified atom stereocenters. The number of rotatable bonds is 2. The smallest absolute Gasteiger partial charge is 0.158 e. The van der Waals surface area contributed by atoms with Crippen molar-refractivity contribution in [3.05, 3.63) is 33.9 Å². The zero-order valence-electron chi connectivity index (χ0n) is 7.99. The number of aryl methyl sites for hydroxylation is 1. The molecule has 0 aliphatic carbocycles. The zero-order chi connectivity index (χ0) is 10.1. The summed E-state index contributed by atoms with van der Waals surface area (Å²) in [4.78, 5) is 0. The van der Waals surface area contributed by atoms with Gasteiger partial charge in [-0.1, -0.05) is 5.16 Å². The first-order chi connectivity index (χ1) is 6.68. The highest BCUT2D eigenvalue weighted by molar-refractivity contribution is 9.10. The van der Waals surface area contributed by atoms with Crippen LogP contribution in [0, 0.1) is 13.8 Å². The number of nitrogens with zero attached hydrogens (tertiary/aromatic N) is 3. The highest BCUT2D eigenvalue weighted by Gasteiger charge is 2.09. The van der Waals surface area contributed by atoms with Crippen molar-refractivity contribution < 1.29 is 4.52 Å². The monoisotopic (exact) mass is 255 g/mol. The molecule has 2 heterocycles. The minimum absolute atomic E-state index is 0.623. The number of aromatic nitrogens is 3. The molecule has 0 spiro atoms. The summed E-state index contributed by atoms with van der Waals surface area (Å²) in [5.74, 6) is 0.808. The van der Waals surface area contributed by atoms with E-state index in [4.69, 9.17) is 4.52 Å². The van der Waals surface area contributed by atoms with Crippen molar-refractivity contribution in [3.63, 3.8) is 0 Å². The number of hydrogen-bond acceptors (Lipinski definition) is 3. The lowest BCUT2D eigenvalue weighted by molar-refractivity contribution is 0.370. The molecule has 2 aromatic heterocycles. The van der Waals surface area contributed by atoms with Gasteiger partial charge in [-0.3, -0.25) is 4.68 Å². The van der Waals surface area contributed by atoms with E-state index in [-0.39, 0.29) is 0 Å². The minimum Gasteiger partial charge on any atom is -0.359 e. The molecular formula is C9H10BrN3O. The summed E-state index contributed by atoms with van der Waals surface area (Å²) in [6.07, 6.45) is 1.63. The van der Waals surface area contributed by atoms with Gasteiger partial charge in [-0.2, -0.15) is 5.10 Å². The normalized spacial score (nSPS) is 10.8. The Labute approximate surface area is 90.0 Å². The molecule has 2 aromatic rings. The van der Waals surface area contributed by atoms with E-state index in [1.54, 1.807) is 6.20 Å². The second kappa shape index (κ2) is 3.57. The van der Waals surface area contributed by atoms with Crippen LogP contribution in [-0.2, 0) is 6.54 Å². The van der Waals surface area contributed by atoms with Gasteiger partial charge in [0, 0.05) is 6.07 Å². The minimum atomic E-state index is 0.623. The first-order valence-corrected chi connectivity index (χ1v) is 5.07. The largest absolute Gasteiger partial charge is 0.359 e. The maximum absolute atomic E-state index is 5.02. The van der Waals surface area contributed by atoms with Crippen molar-refractivity contribution in [2.75, 3.05) is 0 Å². The van der Waals surface area contributed by atoms with Gasteiger partial charge in [0.1, 0.15) is 6.54 Å². The molecule has 2 rings (SSSR count). The molecule has 5 heteroatoms. The standard InChI is InChI=1S/C9H10BrN3O/c1-6-9(10)7(2)13(12-6)5-8-3-4-11-14-8/h3-4H,5H2,1-2H3. The second-order valence-electron chi connectivity index (χ2n) is 3.12. The van der Waals surface area contributed by atoms with E-state index in [1.165, 1.54) is 0 Å². The molecule has 74 valence electrons. The average Bonchev–Trinajstić information content (AvgIpc) is 2.73. The Bertz CT molecular complexity index is 433. The van der Waals surface area contributed by atoms with Gasteiger partial charge in [0.2, 0.25) is 0 Å². The van der Waals surface area contributed by atoms with Crippen LogP contribution < -0.4 is 0 Å². The molecule has 0 saturated carbocycles. The van der Waals surface area contributed by atoms with Crippen molar-refractivity contribution in [1.82, 2.24) is 14.9 Å². The van der Waals surface area contributed by atoms with Crippen LogP contribution in [0.15, 0.2) is 21.3 Å². The van der Waals surface area contributed by atoms with Crippen LogP contribution >= 0.6 is 15.9 Å². The van der Waals surface area contributed by atoms with Crippen LogP contribution in [0.1, 0.15) is 17.1 Å². The highest BCUT2D eigenvalue weighted by Crippen LogP contribution is 2.20. The Morgan fingerprint density at radius 3 is 2.79 bits per heavy atom. The lowest BCUT2D eigenvalue weighted by Crippen LogP contribution is -2.02. The third-order valence-electron chi connectivity index (χ3n) is 2.09. The molecule has 0 fully saturated rings. The predicted molar refractivity (Wildman–Crippen MR) is 55.0 cm³/mol. The van der Waals surface area contributed by atoms with Crippen molar-refractivity contribution in [1.29, 1.82) is 0 Å². The Morgan fingerprint density at radius 2 is 2.29 bits per heavy atom. The van der Waals surface area contributed by atoms with Crippen molar-refractivity contribution in [2.45, 2.75) is 20.4 Å². The predicted octanol–water partition coefficient (Wildman–Crippen LogP) is 2.30. The lowest BCUT2D eigenvalue weighted by Gasteiger charge is -1.99. The van der Waals surface area contributed by atoms with Crippen LogP contribution in [0.4, 0.5) is 0 Å². The molecule has 0 atom stereocenters. The SMILES string of the molecule is Cc1nn(Cc2ccno2)c(C)c1Br. The van der Waals surface area contributed by atoms with Crippen LogP contribution in [0.3, 0.4) is 0 Å². The first kappa shape index (κ1) is 9.45. The zero-order valence-corrected chi connectivity index (χ0v) is 9.58. The Hall–Kier alpha value is -1.10. The van der Waals surface area contributed by atoms with Crippen molar-refractivity contribution in [2.24, 2.45) is 0 Å². The Morgan fingerprint density at radius 1 is 1.50 bits per heavy atom. The number of halogens is 1. The fourth-order valence-corrected chi connectivity index (χ4v) is 1.58. The fraction of sp³-hybridized carbons (Fsp3) is 0.333. The van der Waals surface area contributed by atoms with E-state index < -0.39 is 0 Å². The molecule has 4 nitrogen and oxygen atoms in total. The molecule has 0 bridgehead atoms. The van der Waals surface area contributed by atoms with E-state index in [9.17, 15) is 0 Å². The van der Waals surface area contributed by atoms with Gasteiger partial charge in [0.15, 0.2) is 5.76 Å². The third kappa shape index (κ3) is 1.59. The molecular weight excluding hydrogens is 246 g/mol. The van der Waals surface area contributed by atoms with Crippen LogP contribution in [-0.4, -0.2) is 14.9 Å². The number of hydrogen-bond donors (Lipinski definition) is 0. The Balaban J connectivity index is 2.30. The summed E-state index contributed by atoms with van der Waals surface area (Å²) in [7, 11) is 0. The molecule has 0 N–H and O–H groups in total. The summed E-state index contributed by atoms with van der Waals surface area (Å²) in [5.41, 5.74) is 2.08. The van der Waals surface area contributed by atoms with Crippen LogP contribution in [0.25, 0.3) is 0 Å². The summed E-state index contributed by atoms with van der Waals surface area (Å²) in [6, 6.07) is 1.84. The molecule has 0 amide bonds. The van der Waals surface area contributed by atoms with Gasteiger partial charge < -0.3 is 4.52 Å². The molecule has 0 aliphatic rings. The first-order valence-electron chi connectivity index (χ1n) is 4.27. The topological polar surface area (TPSA) is 43.9 Å². The van der Waals surface area contributed by atoms with E-state index in [1.807, 2.05) is 24.6 Å². The average molecular weight is 256 g/mol. The molecule has 14 heavy (non-hydrogen) atoms. The van der Waals surface area contributed by atoms with Gasteiger partial charge in [0.25, 0.3) is 0 Å². The second-order valence-corrected chi connectivity index (χ2v) is 3.91. The summed E-state index contributed by atoms with van der Waals surface area (Å²) in [6.45, 7) is 4.60. The van der Waals surface area contributed by atoms with E-state index in [2.05, 4.69) is 26.2 Å². The van der Waals surface area contributed by atoms with Crippen molar-refractivity contribution in [3.8, 4) is 0 Å². The quantitative estimate of drug-likeness (QED) is 0.828. The lowest BCUT2D eigenvalue weighted by atomic mass is 10.4. The van der Waals surface area contributed by atoms with Gasteiger partial charge in [-0.15, -0.1) is 0 Å². The molecule has 0 aliphatic heterocycles. The van der Waals surface area contributed by atoms with Gasteiger partial charge in [0.05, 0.1) is 22.1 Å². The summed E-state index contributed by atoms with van der Waals surface area (Å²) >= 11 is 3.47. The van der Waals surface area contributed by atoms with E-state index in [0.717, 1.165) is 21.6 Å². The third-order valence-corrected chi connectivity index (χ3v) is 3.24. The van der Waals surface area contributed by atoms with Gasteiger partial charge >= 0.3 is 0 Å². The summed E-state index contributed by atoms with van der Waals surface area (Å²) < 4.78 is 7.96. The molecule has 0 saturated heterocycles. The summed E-state index contributed by atoms with van der Waals surface area (Å²) in [5, 5.41) is 8.02. The van der Waals surface area contributed by atoms with Crippen molar-refractivity contribution >= 4 is 15.9 Å². The molecule has 0 aromatic carbocycles. The fourth-order valence-electron chi connectivity index (χ4n) is 1.30. The van der Waals surface area contributed by atoms with Crippen LogP contribution in [0.5, 0.6) is 0 Å². The highest BCUT2D eigenvalue weighted by atomic mass is 79.9. The van der Waals surface area contributed by atoms with Gasteiger partial charge in [-0.25, -0.2) is 0 Å². The van der Waals surface area contributed by atoms with E-state index >= 15 is 0 Å². The molecule has 0 radical (unpaired) electrons.